The molecule has 1 spiro atoms. The van der Waals surface area contributed by atoms with E-state index in [1.807, 2.05) is 6.92 Å². The van der Waals surface area contributed by atoms with Crippen molar-refractivity contribution in [1.29, 1.82) is 0 Å². The molecule has 2 aliphatic heterocycles. The smallest absolute Gasteiger partial charge is 0.165 e. The van der Waals surface area contributed by atoms with Crippen molar-refractivity contribution in [3.8, 4) is 11.5 Å². The fraction of sp³-hybridized carbons (Fsp3) is 0.684. The van der Waals surface area contributed by atoms with Crippen LogP contribution in [0.4, 0.5) is 0 Å². The van der Waals surface area contributed by atoms with Gasteiger partial charge in [0, 0.05) is 21.9 Å². The van der Waals surface area contributed by atoms with Crippen molar-refractivity contribution in [3.05, 3.63) is 33.7 Å². The van der Waals surface area contributed by atoms with E-state index in [0.717, 1.165) is 43.7 Å². The van der Waals surface area contributed by atoms with Gasteiger partial charge < -0.3 is 14.4 Å². The summed E-state index contributed by atoms with van der Waals surface area (Å²) in [4.78, 5) is 5.65. The molecule has 4 aliphatic rings. The molecule has 0 unspecified atom stereocenters. The van der Waals surface area contributed by atoms with E-state index in [1.165, 1.54) is 11.1 Å². The second kappa shape index (κ2) is 5.29. The Hall–Kier alpha value is -1.91. The maximum absolute atomic E-state index is 9.06. The molecular formula is C19H24N4O2. The Morgan fingerprint density at radius 3 is 3.12 bits per heavy atom. The van der Waals surface area contributed by atoms with Crippen molar-refractivity contribution in [2.75, 3.05) is 20.2 Å². The molecule has 25 heavy (non-hydrogen) atoms. The number of ether oxygens (including phenoxy) is 2. The number of benzene rings is 1. The Bertz CT molecular complexity index is 775. The Morgan fingerprint density at radius 2 is 2.32 bits per heavy atom. The first kappa shape index (κ1) is 15.4. The van der Waals surface area contributed by atoms with Gasteiger partial charge in [-0.25, -0.2) is 0 Å². The van der Waals surface area contributed by atoms with Crippen LogP contribution in [0.25, 0.3) is 10.4 Å². The minimum Gasteiger partial charge on any atom is -0.490 e. The number of nitrogens with zero attached hydrogens (tertiary/aromatic N) is 4. The number of azide groups is 1. The standard InChI is InChI=1S/C19H24N4O2/c1-3-24-15-7-4-11-10-14-12-5-6-13(21-22-20)18-19(12,8-9-23(14)2)16(11)17(15)25-18/h4,7,12-14,18H,3,5-6,8-10H2,1-2H3/t12-,13+,14+,18-,19-/m0/s1. The van der Waals surface area contributed by atoms with E-state index >= 15 is 0 Å². The molecule has 0 aromatic heterocycles. The van der Waals surface area contributed by atoms with Gasteiger partial charge in [-0.2, -0.15) is 0 Å². The summed E-state index contributed by atoms with van der Waals surface area (Å²) in [7, 11) is 2.25. The van der Waals surface area contributed by atoms with Crippen LogP contribution in [0.5, 0.6) is 11.5 Å². The Balaban J connectivity index is 1.74. The lowest BCUT2D eigenvalue weighted by molar-refractivity contribution is -0.0510. The lowest BCUT2D eigenvalue weighted by atomic mass is 9.51. The molecule has 1 aromatic rings. The molecule has 1 aromatic carbocycles. The zero-order valence-electron chi connectivity index (χ0n) is 14.8. The number of likely N-dealkylation sites (tertiary alicyclic amines) is 1. The third-order valence-electron chi connectivity index (χ3n) is 7.05. The number of hydrogen-bond donors (Lipinski definition) is 0. The van der Waals surface area contributed by atoms with E-state index in [0.29, 0.717) is 18.6 Å². The fourth-order valence-corrected chi connectivity index (χ4v) is 6.15. The molecule has 6 heteroatoms. The van der Waals surface area contributed by atoms with Crippen molar-refractivity contribution in [3.63, 3.8) is 0 Å². The molecule has 2 aliphatic carbocycles. The van der Waals surface area contributed by atoms with Crippen LogP contribution in [0, 0.1) is 5.92 Å². The molecule has 2 heterocycles. The third-order valence-corrected chi connectivity index (χ3v) is 7.05. The molecular weight excluding hydrogens is 316 g/mol. The van der Waals surface area contributed by atoms with Crippen molar-refractivity contribution >= 4 is 0 Å². The Kier molecular flexibility index (Phi) is 3.25. The predicted octanol–water partition coefficient (Wildman–Crippen LogP) is 3.43. The minimum absolute atomic E-state index is 0.00961. The molecule has 132 valence electrons. The van der Waals surface area contributed by atoms with Crippen LogP contribution in [-0.2, 0) is 11.8 Å². The summed E-state index contributed by atoms with van der Waals surface area (Å²) in [6, 6.07) is 4.77. The second-order valence-corrected chi connectivity index (χ2v) is 7.90. The average molecular weight is 340 g/mol. The average Bonchev–Trinajstić information content (AvgIpc) is 2.96. The molecule has 5 rings (SSSR count). The quantitative estimate of drug-likeness (QED) is 0.481. The lowest BCUT2D eigenvalue weighted by Gasteiger charge is -2.58. The molecule has 0 N–H and O–H groups in total. The number of hydrogen-bond acceptors (Lipinski definition) is 4. The summed E-state index contributed by atoms with van der Waals surface area (Å²) in [6.07, 6.45) is 4.13. The molecule has 5 atom stereocenters. The van der Waals surface area contributed by atoms with Crippen molar-refractivity contribution in [2.24, 2.45) is 11.0 Å². The molecule has 1 saturated carbocycles. The summed E-state index contributed by atoms with van der Waals surface area (Å²) < 4.78 is 12.4. The van der Waals surface area contributed by atoms with Crippen molar-refractivity contribution in [2.45, 2.75) is 56.2 Å². The van der Waals surface area contributed by atoms with E-state index in [9.17, 15) is 0 Å². The normalized spacial score (nSPS) is 37.7. The largest absolute Gasteiger partial charge is 0.490 e. The van der Waals surface area contributed by atoms with Crippen LogP contribution in [0.15, 0.2) is 17.2 Å². The highest BCUT2D eigenvalue weighted by Gasteiger charge is 2.65. The second-order valence-electron chi connectivity index (χ2n) is 7.90. The zero-order valence-corrected chi connectivity index (χ0v) is 14.8. The topological polar surface area (TPSA) is 70.5 Å². The molecule has 1 saturated heterocycles. The highest BCUT2D eigenvalue weighted by molar-refractivity contribution is 5.61. The van der Waals surface area contributed by atoms with Crippen LogP contribution in [0.2, 0.25) is 0 Å². The van der Waals surface area contributed by atoms with Gasteiger partial charge >= 0.3 is 0 Å². The van der Waals surface area contributed by atoms with Gasteiger partial charge in [0.25, 0.3) is 0 Å². The van der Waals surface area contributed by atoms with Crippen molar-refractivity contribution < 1.29 is 9.47 Å². The van der Waals surface area contributed by atoms with Gasteiger partial charge in [0.15, 0.2) is 11.5 Å². The van der Waals surface area contributed by atoms with Gasteiger partial charge in [0.05, 0.1) is 12.6 Å². The summed E-state index contributed by atoms with van der Waals surface area (Å²) in [5, 5.41) is 4.14. The first-order valence-electron chi connectivity index (χ1n) is 9.41. The van der Waals surface area contributed by atoms with Crippen molar-refractivity contribution in [1.82, 2.24) is 4.90 Å². The lowest BCUT2D eigenvalue weighted by Crippen LogP contribution is -2.65. The highest BCUT2D eigenvalue weighted by Crippen LogP contribution is 2.64. The van der Waals surface area contributed by atoms with Crippen LogP contribution < -0.4 is 9.47 Å². The Morgan fingerprint density at radius 1 is 1.44 bits per heavy atom. The fourth-order valence-electron chi connectivity index (χ4n) is 6.15. The zero-order chi connectivity index (χ0) is 17.2. The van der Waals surface area contributed by atoms with Crippen LogP contribution in [0.1, 0.15) is 37.3 Å². The third kappa shape index (κ3) is 1.81. The molecule has 6 nitrogen and oxygen atoms in total. The van der Waals surface area contributed by atoms with E-state index < -0.39 is 0 Å². The molecule has 2 fully saturated rings. The number of likely N-dealkylation sites (N-methyl/N-ethyl adjacent to an activating group) is 1. The maximum atomic E-state index is 9.06. The summed E-state index contributed by atoms with van der Waals surface area (Å²) in [6.45, 7) is 3.70. The van der Waals surface area contributed by atoms with Gasteiger partial charge in [-0.05, 0) is 69.3 Å². The SMILES string of the molecule is CCOc1ccc2c3c1O[C@H]1[C@H](N=[N+]=[N-])CC[C@H]4[C@@H](C2)N(C)CC[C@@]341. The first-order valence-corrected chi connectivity index (χ1v) is 9.41. The van der Waals surface area contributed by atoms with Gasteiger partial charge in [-0.1, -0.05) is 11.2 Å². The number of piperidine rings is 1. The van der Waals surface area contributed by atoms with Gasteiger partial charge in [0.2, 0.25) is 0 Å². The Labute approximate surface area is 147 Å². The van der Waals surface area contributed by atoms with Gasteiger partial charge in [-0.3, -0.25) is 0 Å². The molecule has 2 bridgehead atoms. The monoisotopic (exact) mass is 340 g/mol. The summed E-state index contributed by atoms with van der Waals surface area (Å²) >= 11 is 0. The minimum atomic E-state index is -0.0851. The number of rotatable bonds is 3. The van der Waals surface area contributed by atoms with E-state index in [-0.39, 0.29) is 17.6 Å². The van der Waals surface area contributed by atoms with E-state index in [4.69, 9.17) is 15.0 Å². The summed E-state index contributed by atoms with van der Waals surface area (Å²) in [5.74, 6) is 2.35. The molecule has 0 amide bonds. The van der Waals surface area contributed by atoms with E-state index in [2.05, 4.69) is 34.1 Å². The van der Waals surface area contributed by atoms with Crippen LogP contribution in [-0.4, -0.2) is 43.3 Å². The van der Waals surface area contributed by atoms with Gasteiger partial charge in [-0.15, -0.1) is 0 Å². The van der Waals surface area contributed by atoms with E-state index in [1.54, 1.807) is 0 Å². The predicted molar refractivity (Wildman–Crippen MR) is 94.1 cm³/mol. The summed E-state index contributed by atoms with van der Waals surface area (Å²) in [5.41, 5.74) is 11.8. The first-order chi connectivity index (χ1) is 12.2. The highest BCUT2D eigenvalue weighted by atomic mass is 16.5. The van der Waals surface area contributed by atoms with Gasteiger partial charge in [0.1, 0.15) is 6.10 Å². The molecule has 0 radical (unpaired) electrons. The van der Waals surface area contributed by atoms with Crippen LogP contribution >= 0.6 is 0 Å². The van der Waals surface area contributed by atoms with Crippen LogP contribution in [0.3, 0.4) is 0 Å². The maximum Gasteiger partial charge on any atom is 0.165 e.